The third-order valence-corrected chi connectivity index (χ3v) is 4.29. The highest BCUT2D eigenvalue weighted by Gasteiger charge is 2.45. The van der Waals surface area contributed by atoms with E-state index in [0.29, 0.717) is 31.4 Å². The molecule has 1 saturated carbocycles. The first-order chi connectivity index (χ1) is 10.5. The van der Waals surface area contributed by atoms with Gasteiger partial charge in [0.15, 0.2) is 5.60 Å². The van der Waals surface area contributed by atoms with Crippen LogP contribution in [-0.4, -0.2) is 35.8 Å². The van der Waals surface area contributed by atoms with Crippen LogP contribution in [0.4, 0.5) is 5.82 Å². The Morgan fingerprint density at radius 2 is 2.27 bits per heavy atom. The summed E-state index contributed by atoms with van der Waals surface area (Å²) in [4.78, 5) is 17.2. The predicted molar refractivity (Wildman–Crippen MR) is 84.0 cm³/mol. The first-order valence-corrected chi connectivity index (χ1v) is 8.04. The van der Waals surface area contributed by atoms with Crippen LogP contribution in [0.2, 0.25) is 0 Å². The van der Waals surface area contributed by atoms with Crippen LogP contribution in [-0.2, 0) is 14.3 Å². The standard InChI is InChI=1S/C17H24N2O3/c1-11(2)22-17(7-9-21-10-17)16(20)19-15-14(13-4-5-13)12(3)6-8-18-15/h6,8,11,13H,4-5,7,9-10H2,1-3H3,(H,18,19,20). The molecule has 2 heterocycles. The van der Waals surface area contributed by atoms with Crippen LogP contribution < -0.4 is 5.32 Å². The number of aromatic nitrogens is 1. The Hall–Kier alpha value is -1.46. The second-order valence-corrected chi connectivity index (χ2v) is 6.58. The van der Waals surface area contributed by atoms with Gasteiger partial charge in [-0.05, 0) is 51.2 Å². The van der Waals surface area contributed by atoms with Crippen LogP contribution in [0.15, 0.2) is 12.3 Å². The van der Waals surface area contributed by atoms with Crippen molar-refractivity contribution in [1.82, 2.24) is 4.98 Å². The van der Waals surface area contributed by atoms with E-state index in [4.69, 9.17) is 9.47 Å². The molecule has 1 saturated heterocycles. The van der Waals surface area contributed by atoms with Crippen molar-refractivity contribution in [2.45, 2.75) is 57.7 Å². The van der Waals surface area contributed by atoms with Gasteiger partial charge in [-0.3, -0.25) is 4.79 Å². The predicted octanol–water partition coefficient (Wildman–Crippen LogP) is 2.79. The fraction of sp³-hybridized carbons (Fsp3) is 0.647. The molecule has 2 aliphatic rings. The lowest BCUT2D eigenvalue weighted by Crippen LogP contribution is -2.47. The van der Waals surface area contributed by atoms with E-state index in [9.17, 15) is 4.79 Å². The van der Waals surface area contributed by atoms with Crippen LogP contribution in [0.5, 0.6) is 0 Å². The summed E-state index contributed by atoms with van der Waals surface area (Å²) in [6, 6.07) is 2.00. The van der Waals surface area contributed by atoms with Crippen molar-refractivity contribution in [3.63, 3.8) is 0 Å². The average Bonchev–Trinajstić information content (AvgIpc) is 3.17. The zero-order valence-corrected chi connectivity index (χ0v) is 13.5. The van der Waals surface area contributed by atoms with Crippen molar-refractivity contribution in [2.24, 2.45) is 0 Å². The molecule has 1 aliphatic carbocycles. The number of rotatable bonds is 5. The van der Waals surface area contributed by atoms with E-state index >= 15 is 0 Å². The molecule has 1 aromatic rings. The lowest BCUT2D eigenvalue weighted by molar-refractivity contribution is -0.147. The second-order valence-electron chi connectivity index (χ2n) is 6.58. The number of pyridine rings is 1. The van der Waals surface area contributed by atoms with Crippen LogP contribution in [0.3, 0.4) is 0 Å². The van der Waals surface area contributed by atoms with E-state index in [2.05, 4.69) is 17.2 Å². The first kappa shape index (κ1) is 15.4. The Balaban J connectivity index is 1.83. The van der Waals surface area contributed by atoms with Gasteiger partial charge in [-0.25, -0.2) is 4.98 Å². The Morgan fingerprint density at radius 3 is 2.86 bits per heavy atom. The van der Waals surface area contributed by atoms with Gasteiger partial charge < -0.3 is 14.8 Å². The number of aryl methyl sites for hydroxylation is 1. The SMILES string of the molecule is Cc1ccnc(NC(=O)C2(OC(C)C)CCOC2)c1C1CC1. The summed E-state index contributed by atoms with van der Waals surface area (Å²) < 4.78 is 11.3. The van der Waals surface area contributed by atoms with E-state index in [1.54, 1.807) is 6.20 Å². The summed E-state index contributed by atoms with van der Waals surface area (Å²) in [5.74, 6) is 1.08. The lowest BCUT2D eigenvalue weighted by Gasteiger charge is -2.29. The van der Waals surface area contributed by atoms with E-state index in [1.807, 2.05) is 19.9 Å². The summed E-state index contributed by atoms with van der Waals surface area (Å²) in [6.07, 6.45) is 4.65. The Morgan fingerprint density at radius 1 is 1.50 bits per heavy atom. The van der Waals surface area contributed by atoms with Crippen LogP contribution >= 0.6 is 0 Å². The van der Waals surface area contributed by atoms with Crippen molar-refractivity contribution < 1.29 is 14.3 Å². The van der Waals surface area contributed by atoms with Gasteiger partial charge in [-0.15, -0.1) is 0 Å². The van der Waals surface area contributed by atoms with Crippen LogP contribution in [0, 0.1) is 6.92 Å². The van der Waals surface area contributed by atoms with Crippen LogP contribution in [0.1, 0.15) is 50.2 Å². The minimum atomic E-state index is -0.888. The lowest BCUT2D eigenvalue weighted by atomic mass is 10.0. The first-order valence-electron chi connectivity index (χ1n) is 8.04. The maximum absolute atomic E-state index is 12.8. The van der Waals surface area contributed by atoms with E-state index in [0.717, 1.165) is 0 Å². The zero-order chi connectivity index (χ0) is 15.7. The number of hydrogen-bond donors (Lipinski definition) is 1. The smallest absolute Gasteiger partial charge is 0.260 e. The quantitative estimate of drug-likeness (QED) is 0.908. The number of amides is 1. The van der Waals surface area contributed by atoms with Crippen molar-refractivity contribution in [3.8, 4) is 0 Å². The number of carbonyl (C=O) groups excluding carboxylic acids is 1. The number of anilines is 1. The highest BCUT2D eigenvalue weighted by Crippen LogP contribution is 2.44. The molecule has 5 heteroatoms. The zero-order valence-electron chi connectivity index (χ0n) is 13.5. The highest BCUT2D eigenvalue weighted by atomic mass is 16.6. The van der Waals surface area contributed by atoms with Crippen molar-refractivity contribution in [1.29, 1.82) is 0 Å². The summed E-state index contributed by atoms with van der Waals surface area (Å²) in [6.45, 7) is 6.81. The van der Waals surface area contributed by atoms with Crippen molar-refractivity contribution in [3.05, 3.63) is 23.4 Å². The third-order valence-electron chi connectivity index (χ3n) is 4.29. The number of ether oxygens (including phenoxy) is 2. The minimum absolute atomic E-state index is 0.0270. The third kappa shape index (κ3) is 3.01. The van der Waals surface area contributed by atoms with Gasteiger partial charge >= 0.3 is 0 Å². The van der Waals surface area contributed by atoms with Gasteiger partial charge in [0.2, 0.25) is 0 Å². The fourth-order valence-electron chi connectivity index (χ4n) is 3.10. The molecule has 0 aromatic carbocycles. The minimum Gasteiger partial charge on any atom is -0.378 e. The molecule has 1 unspecified atom stereocenters. The van der Waals surface area contributed by atoms with Crippen molar-refractivity contribution in [2.75, 3.05) is 18.5 Å². The summed E-state index contributed by atoms with van der Waals surface area (Å²) >= 11 is 0. The largest absolute Gasteiger partial charge is 0.378 e. The number of nitrogens with zero attached hydrogens (tertiary/aromatic N) is 1. The van der Waals surface area contributed by atoms with E-state index in [1.165, 1.54) is 24.0 Å². The molecule has 1 aliphatic heterocycles. The molecular formula is C17H24N2O3. The molecule has 1 N–H and O–H groups in total. The molecule has 0 spiro atoms. The molecule has 3 rings (SSSR count). The number of hydrogen-bond acceptors (Lipinski definition) is 4. The maximum Gasteiger partial charge on any atom is 0.260 e. The molecule has 1 amide bonds. The Labute approximate surface area is 131 Å². The summed E-state index contributed by atoms with van der Waals surface area (Å²) in [5.41, 5.74) is 1.48. The number of nitrogens with one attached hydrogen (secondary N) is 1. The molecule has 22 heavy (non-hydrogen) atoms. The molecule has 1 atom stereocenters. The molecule has 2 fully saturated rings. The fourth-order valence-corrected chi connectivity index (χ4v) is 3.10. The monoisotopic (exact) mass is 304 g/mol. The van der Waals surface area contributed by atoms with Crippen molar-refractivity contribution >= 4 is 11.7 Å². The Bertz CT molecular complexity index is 561. The normalized spacial score (nSPS) is 24.7. The van der Waals surface area contributed by atoms with E-state index < -0.39 is 5.60 Å². The maximum atomic E-state index is 12.8. The van der Waals surface area contributed by atoms with Crippen LogP contribution in [0.25, 0.3) is 0 Å². The highest BCUT2D eigenvalue weighted by molar-refractivity contribution is 5.97. The van der Waals surface area contributed by atoms with Gasteiger partial charge in [-0.1, -0.05) is 0 Å². The van der Waals surface area contributed by atoms with Gasteiger partial charge in [-0.2, -0.15) is 0 Å². The molecule has 120 valence electrons. The van der Waals surface area contributed by atoms with Gasteiger partial charge in [0.05, 0.1) is 19.3 Å². The second kappa shape index (κ2) is 5.97. The summed E-state index contributed by atoms with van der Waals surface area (Å²) in [7, 11) is 0. The molecule has 0 radical (unpaired) electrons. The molecule has 0 bridgehead atoms. The van der Waals surface area contributed by atoms with Gasteiger partial charge in [0.25, 0.3) is 5.91 Å². The summed E-state index contributed by atoms with van der Waals surface area (Å²) in [5, 5.41) is 3.01. The molecular weight excluding hydrogens is 280 g/mol. The van der Waals surface area contributed by atoms with Gasteiger partial charge in [0.1, 0.15) is 5.82 Å². The number of carbonyl (C=O) groups is 1. The molecule has 1 aromatic heterocycles. The average molecular weight is 304 g/mol. The van der Waals surface area contributed by atoms with Gasteiger partial charge in [0, 0.05) is 18.2 Å². The van der Waals surface area contributed by atoms with E-state index in [-0.39, 0.29) is 12.0 Å². The topological polar surface area (TPSA) is 60.5 Å². The Kier molecular flexibility index (Phi) is 4.19. The molecule has 5 nitrogen and oxygen atoms in total.